The Morgan fingerprint density at radius 2 is 1.88 bits per heavy atom. The first-order valence-electron chi connectivity index (χ1n) is 10.0. The van der Waals surface area contributed by atoms with Gasteiger partial charge in [-0.1, -0.05) is 29.8 Å². The van der Waals surface area contributed by atoms with Crippen LogP contribution in [0.25, 0.3) is 0 Å². The number of tetrazole rings is 1. The van der Waals surface area contributed by atoms with Gasteiger partial charge < -0.3 is 9.84 Å². The van der Waals surface area contributed by atoms with Gasteiger partial charge in [0.05, 0.1) is 24.3 Å². The molecule has 3 atom stereocenters. The van der Waals surface area contributed by atoms with E-state index in [-0.39, 0.29) is 27.1 Å². The second kappa shape index (κ2) is 9.72. The molecule has 3 N–H and O–H groups in total. The van der Waals surface area contributed by atoms with Crippen LogP contribution in [0.5, 0.6) is 5.75 Å². The molecule has 0 aliphatic carbocycles. The summed E-state index contributed by atoms with van der Waals surface area (Å²) in [5, 5.41) is 24.0. The van der Waals surface area contributed by atoms with Gasteiger partial charge in [0.1, 0.15) is 16.5 Å². The number of aliphatic hydroxyl groups excluding tert-OH is 1. The molecule has 0 radical (unpaired) electrons. The molecule has 0 saturated carbocycles. The van der Waals surface area contributed by atoms with Crippen molar-refractivity contribution in [2.75, 3.05) is 7.11 Å². The fraction of sp³-hybridized carbons (Fsp3) is 0.381. The fourth-order valence-electron chi connectivity index (χ4n) is 3.81. The van der Waals surface area contributed by atoms with E-state index in [2.05, 4.69) is 25.3 Å². The monoisotopic (exact) mass is 497 g/mol. The van der Waals surface area contributed by atoms with Crippen molar-refractivity contribution < 1.29 is 22.7 Å². The highest BCUT2D eigenvalue weighted by molar-refractivity contribution is 7.89. The number of hydrogen-bond donors (Lipinski definition) is 3. The zero-order valence-electron chi connectivity index (χ0n) is 18.7. The van der Waals surface area contributed by atoms with Crippen LogP contribution in [0.1, 0.15) is 60.0 Å². The molecule has 1 aromatic heterocycles. The van der Waals surface area contributed by atoms with E-state index >= 15 is 0 Å². The average Bonchev–Trinajstić information content (AvgIpc) is 3.28. The molecule has 9 nitrogen and oxygen atoms in total. The zero-order chi connectivity index (χ0) is 24.5. The number of nitrogens with one attached hydrogen (secondary N) is 2. The van der Waals surface area contributed by atoms with E-state index in [0.29, 0.717) is 11.1 Å². The summed E-state index contributed by atoms with van der Waals surface area (Å²) in [6.07, 6.45) is -1.08. The molecule has 0 bridgehead atoms. The Balaban J connectivity index is 2.13. The van der Waals surface area contributed by atoms with Gasteiger partial charge >= 0.3 is 0 Å². The number of sulfonamides is 1. The van der Waals surface area contributed by atoms with Gasteiger partial charge in [-0.05, 0) is 55.7 Å². The molecule has 0 saturated heterocycles. The Bertz CT molecular complexity index is 1250. The predicted molar refractivity (Wildman–Crippen MR) is 120 cm³/mol. The number of methoxy groups -OCH3 is 1. The standard InChI is InChI=1S/C21H25ClFN5O4S/c1-10-6-8-15(23)17(11(10)2)12(3)19(21-24-27-28-25-21)26-33(30,31)16-9-7-14(22)18(13(4)29)20(16)32-5/h6-9,12-13,19,26,29H,1-5H3,(H,24,25,27,28)/t12-,13-,19+/m0/s1. The molecule has 2 aromatic carbocycles. The number of aryl methyl sites for hydroxylation is 1. The SMILES string of the molecule is COc1c(S(=O)(=O)N[C@@H](c2nn[nH]n2)[C@@H](C)c2c(F)ccc(C)c2C)ccc(Cl)c1[C@H](C)O. The first-order valence-corrected chi connectivity index (χ1v) is 11.9. The summed E-state index contributed by atoms with van der Waals surface area (Å²) in [5.74, 6) is -1.23. The largest absolute Gasteiger partial charge is 0.495 e. The third-order valence-electron chi connectivity index (χ3n) is 5.63. The second-order valence-corrected chi connectivity index (χ2v) is 9.82. The van der Waals surface area contributed by atoms with Gasteiger partial charge in [0.25, 0.3) is 0 Å². The molecule has 0 spiro atoms. The van der Waals surface area contributed by atoms with Crippen LogP contribution in [0.4, 0.5) is 4.39 Å². The minimum Gasteiger partial charge on any atom is -0.495 e. The highest BCUT2D eigenvalue weighted by Crippen LogP contribution is 2.39. The first kappa shape index (κ1) is 25.0. The molecule has 3 aromatic rings. The van der Waals surface area contributed by atoms with E-state index in [4.69, 9.17) is 16.3 Å². The van der Waals surface area contributed by atoms with Gasteiger partial charge in [-0.25, -0.2) is 12.8 Å². The van der Waals surface area contributed by atoms with Crippen molar-refractivity contribution in [1.29, 1.82) is 0 Å². The number of ether oxygens (including phenoxy) is 1. The van der Waals surface area contributed by atoms with Crippen molar-refractivity contribution in [3.63, 3.8) is 0 Å². The van der Waals surface area contributed by atoms with Crippen molar-refractivity contribution in [3.8, 4) is 5.75 Å². The van der Waals surface area contributed by atoms with E-state index in [9.17, 15) is 17.9 Å². The van der Waals surface area contributed by atoms with Crippen molar-refractivity contribution in [1.82, 2.24) is 25.3 Å². The molecule has 178 valence electrons. The summed E-state index contributed by atoms with van der Waals surface area (Å²) < 4.78 is 49.7. The third kappa shape index (κ3) is 4.86. The molecule has 0 unspecified atom stereocenters. The Labute approximate surface area is 196 Å². The molecule has 12 heteroatoms. The van der Waals surface area contributed by atoms with E-state index < -0.39 is 33.9 Å². The maximum absolute atomic E-state index is 14.8. The van der Waals surface area contributed by atoms with Crippen LogP contribution < -0.4 is 9.46 Å². The maximum Gasteiger partial charge on any atom is 0.244 e. The first-order chi connectivity index (χ1) is 15.5. The Kier molecular flexibility index (Phi) is 7.37. The van der Waals surface area contributed by atoms with Gasteiger partial charge in [0.2, 0.25) is 10.0 Å². The summed E-state index contributed by atoms with van der Waals surface area (Å²) in [6.45, 7) is 6.73. The van der Waals surface area contributed by atoms with Gasteiger partial charge in [-0.3, -0.25) is 0 Å². The summed E-state index contributed by atoms with van der Waals surface area (Å²) in [4.78, 5) is -0.243. The number of benzene rings is 2. The van der Waals surface area contributed by atoms with Crippen LogP contribution >= 0.6 is 11.6 Å². The topological polar surface area (TPSA) is 130 Å². The Morgan fingerprint density at radius 3 is 2.45 bits per heavy atom. The molecule has 0 aliphatic heterocycles. The van der Waals surface area contributed by atoms with E-state index in [0.717, 1.165) is 5.56 Å². The minimum atomic E-state index is -4.28. The van der Waals surface area contributed by atoms with Gasteiger partial charge in [-0.2, -0.15) is 9.94 Å². The predicted octanol–water partition coefficient (Wildman–Crippen LogP) is 3.49. The van der Waals surface area contributed by atoms with Crippen molar-refractivity contribution >= 4 is 21.6 Å². The lowest BCUT2D eigenvalue weighted by molar-refractivity contribution is 0.193. The Morgan fingerprint density at radius 1 is 1.18 bits per heavy atom. The minimum absolute atomic E-state index is 0.0371. The summed E-state index contributed by atoms with van der Waals surface area (Å²) in [6, 6.07) is 4.56. The van der Waals surface area contributed by atoms with Crippen LogP contribution in [-0.2, 0) is 10.0 Å². The molecule has 1 heterocycles. The smallest absolute Gasteiger partial charge is 0.244 e. The number of hydrogen-bond acceptors (Lipinski definition) is 7. The number of aromatic nitrogens is 4. The van der Waals surface area contributed by atoms with Crippen molar-refractivity contribution in [2.24, 2.45) is 0 Å². The quantitative estimate of drug-likeness (QED) is 0.434. The molecule has 3 rings (SSSR count). The third-order valence-corrected chi connectivity index (χ3v) is 7.42. The van der Waals surface area contributed by atoms with Crippen molar-refractivity contribution in [2.45, 2.75) is 50.7 Å². The lowest BCUT2D eigenvalue weighted by Crippen LogP contribution is -2.33. The molecule has 0 aliphatic rings. The number of aliphatic hydroxyl groups is 1. The summed E-state index contributed by atoms with van der Waals surface area (Å²) in [7, 11) is -3.00. The second-order valence-electron chi connectivity index (χ2n) is 7.73. The number of halogens is 2. The van der Waals surface area contributed by atoms with Gasteiger partial charge in [0, 0.05) is 11.5 Å². The lowest BCUT2D eigenvalue weighted by atomic mass is 9.88. The van der Waals surface area contributed by atoms with Crippen LogP contribution in [0.15, 0.2) is 29.2 Å². The van der Waals surface area contributed by atoms with Crippen LogP contribution in [0.3, 0.4) is 0 Å². The van der Waals surface area contributed by atoms with Crippen LogP contribution in [0.2, 0.25) is 5.02 Å². The number of H-pyrrole nitrogens is 1. The highest BCUT2D eigenvalue weighted by Gasteiger charge is 2.34. The van der Waals surface area contributed by atoms with E-state index in [1.54, 1.807) is 19.9 Å². The van der Waals surface area contributed by atoms with Gasteiger partial charge in [0.15, 0.2) is 5.82 Å². The zero-order valence-corrected chi connectivity index (χ0v) is 20.3. The van der Waals surface area contributed by atoms with E-state index in [1.165, 1.54) is 32.2 Å². The fourth-order valence-corrected chi connectivity index (χ4v) is 5.57. The molecular weight excluding hydrogens is 473 g/mol. The molecule has 0 fully saturated rings. The maximum atomic E-state index is 14.8. The lowest BCUT2D eigenvalue weighted by Gasteiger charge is -2.26. The number of nitrogens with zero attached hydrogens (tertiary/aromatic N) is 3. The van der Waals surface area contributed by atoms with Crippen LogP contribution in [-0.4, -0.2) is 41.3 Å². The highest BCUT2D eigenvalue weighted by atomic mass is 35.5. The average molecular weight is 498 g/mol. The normalized spacial score (nSPS) is 14.7. The number of aromatic amines is 1. The summed E-state index contributed by atoms with van der Waals surface area (Å²) >= 11 is 6.16. The van der Waals surface area contributed by atoms with Crippen LogP contribution in [0, 0.1) is 19.7 Å². The summed E-state index contributed by atoms with van der Waals surface area (Å²) in [5.41, 5.74) is 2.01. The molecule has 0 amide bonds. The molecule has 33 heavy (non-hydrogen) atoms. The van der Waals surface area contributed by atoms with Gasteiger partial charge in [-0.15, -0.1) is 10.2 Å². The number of rotatable bonds is 8. The Hall–Kier alpha value is -2.60. The van der Waals surface area contributed by atoms with Crippen molar-refractivity contribution in [3.05, 3.63) is 63.2 Å². The van der Waals surface area contributed by atoms with E-state index in [1.807, 2.05) is 6.92 Å². The molecular formula is C21H25ClFN5O4S.